The Morgan fingerprint density at radius 1 is 1.19 bits per heavy atom. The molecule has 1 aliphatic rings. The maximum Gasteiger partial charge on any atom is 0.342 e. The summed E-state index contributed by atoms with van der Waals surface area (Å²) in [5, 5.41) is 12.4. The maximum absolute atomic E-state index is 12.7. The summed E-state index contributed by atoms with van der Waals surface area (Å²) in [6.07, 6.45) is -0.269. The summed E-state index contributed by atoms with van der Waals surface area (Å²) in [5.41, 5.74) is 2.12. The Morgan fingerprint density at radius 3 is 2.67 bits per heavy atom. The Morgan fingerprint density at radius 2 is 1.93 bits per heavy atom. The lowest BCUT2D eigenvalue weighted by Crippen LogP contribution is -2.39. The van der Waals surface area contributed by atoms with E-state index in [4.69, 9.17) is 4.74 Å². The van der Waals surface area contributed by atoms with E-state index < -0.39 is 12.1 Å². The van der Waals surface area contributed by atoms with Gasteiger partial charge in [0.1, 0.15) is 11.3 Å². The van der Waals surface area contributed by atoms with Crippen molar-refractivity contribution in [3.8, 4) is 5.75 Å². The summed E-state index contributed by atoms with van der Waals surface area (Å²) in [6, 6.07) is 11.6. The van der Waals surface area contributed by atoms with Gasteiger partial charge in [0, 0.05) is 24.8 Å². The number of carbonyl (C=O) groups is 3. The molecule has 2 N–H and O–H groups in total. The molecule has 1 atom stereocenters. The maximum atomic E-state index is 12.7. The topological polar surface area (TPSA) is 95.9 Å². The van der Waals surface area contributed by atoms with Crippen LogP contribution in [-0.2, 0) is 20.7 Å². The molecule has 27 heavy (non-hydrogen) atoms. The first-order valence-electron chi connectivity index (χ1n) is 8.57. The number of benzene rings is 2. The van der Waals surface area contributed by atoms with Crippen LogP contribution in [0.5, 0.6) is 5.75 Å². The van der Waals surface area contributed by atoms with Gasteiger partial charge in [-0.15, -0.1) is 0 Å². The number of hydrogen-bond donors (Lipinski definition) is 2. The van der Waals surface area contributed by atoms with Crippen molar-refractivity contribution >= 4 is 29.2 Å². The highest BCUT2D eigenvalue weighted by atomic mass is 16.5. The number of esters is 1. The fraction of sp³-hybridized carbons (Fsp3) is 0.250. The first-order valence-corrected chi connectivity index (χ1v) is 8.57. The largest absolute Gasteiger partial charge is 0.507 e. The molecule has 1 heterocycles. The minimum Gasteiger partial charge on any atom is -0.507 e. The second-order valence-corrected chi connectivity index (χ2v) is 6.33. The van der Waals surface area contributed by atoms with Crippen LogP contribution in [0.15, 0.2) is 42.5 Å². The van der Waals surface area contributed by atoms with Crippen LogP contribution in [0.4, 0.5) is 11.4 Å². The van der Waals surface area contributed by atoms with E-state index in [0.29, 0.717) is 12.2 Å². The van der Waals surface area contributed by atoms with E-state index in [9.17, 15) is 19.5 Å². The molecule has 3 rings (SSSR count). The minimum atomic E-state index is -1.02. The van der Waals surface area contributed by atoms with Gasteiger partial charge in [0.15, 0.2) is 6.10 Å². The molecule has 0 fully saturated rings. The second kappa shape index (κ2) is 7.49. The summed E-state index contributed by atoms with van der Waals surface area (Å²) < 4.78 is 5.26. The highest BCUT2D eigenvalue weighted by Crippen LogP contribution is 2.29. The van der Waals surface area contributed by atoms with Gasteiger partial charge in [0.25, 0.3) is 5.91 Å². The Balaban J connectivity index is 1.73. The monoisotopic (exact) mass is 368 g/mol. The van der Waals surface area contributed by atoms with Gasteiger partial charge in [0.2, 0.25) is 5.91 Å². The highest BCUT2D eigenvalue weighted by molar-refractivity contribution is 6.01. The smallest absolute Gasteiger partial charge is 0.342 e. The number of phenolic OH excluding ortho intramolecular Hbond substituents is 1. The van der Waals surface area contributed by atoms with E-state index in [0.717, 1.165) is 17.7 Å². The van der Waals surface area contributed by atoms with Crippen LogP contribution in [0.1, 0.15) is 29.8 Å². The second-order valence-electron chi connectivity index (χ2n) is 6.33. The molecular weight excluding hydrogens is 348 g/mol. The molecule has 7 nitrogen and oxygen atoms in total. The van der Waals surface area contributed by atoms with Crippen molar-refractivity contribution < 1.29 is 24.2 Å². The standard InChI is InChI=1S/C20H20N2O5/c1-12(19(25)22-10-9-14-5-3-4-6-17(14)22)27-20(26)16-11-15(21-13(2)23)7-8-18(16)24/h3-8,11-12,24H,9-10H2,1-2H3,(H,21,23). The quantitative estimate of drug-likeness (QED) is 0.638. The average Bonchev–Trinajstić information content (AvgIpc) is 3.06. The lowest BCUT2D eigenvalue weighted by molar-refractivity contribution is -0.126. The Labute approximate surface area is 156 Å². The predicted molar refractivity (Wildman–Crippen MR) is 99.8 cm³/mol. The van der Waals surface area contributed by atoms with Crippen molar-refractivity contribution in [3.63, 3.8) is 0 Å². The van der Waals surface area contributed by atoms with Crippen LogP contribution in [-0.4, -0.2) is 35.5 Å². The van der Waals surface area contributed by atoms with Crippen molar-refractivity contribution in [2.24, 2.45) is 0 Å². The lowest BCUT2D eigenvalue weighted by Gasteiger charge is -2.22. The van der Waals surface area contributed by atoms with Gasteiger partial charge in [-0.3, -0.25) is 9.59 Å². The molecule has 1 aliphatic heterocycles. The molecule has 140 valence electrons. The number of para-hydroxylation sites is 1. The van der Waals surface area contributed by atoms with Crippen LogP contribution in [0.2, 0.25) is 0 Å². The number of hydrogen-bond acceptors (Lipinski definition) is 5. The van der Waals surface area contributed by atoms with Crippen molar-refractivity contribution in [2.75, 3.05) is 16.8 Å². The molecular formula is C20H20N2O5. The molecule has 1 unspecified atom stereocenters. The van der Waals surface area contributed by atoms with Gasteiger partial charge < -0.3 is 20.1 Å². The van der Waals surface area contributed by atoms with Crippen LogP contribution >= 0.6 is 0 Å². The molecule has 0 spiro atoms. The number of amides is 2. The molecule has 0 aromatic heterocycles. The van der Waals surface area contributed by atoms with E-state index in [2.05, 4.69) is 5.32 Å². The molecule has 2 aromatic carbocycles. The number of phenols is 1. The van der Waals surface area contributed by atoms with Gasteiger partial charge in [0.05, 0.1) is 0 Å². The first-order chi connectivity index (χ1) is 12.9. The zero-order valence-electron chi connectivity index (χ0n) is 15.1. The number of carbonyl (C=O) groups excluding carboxylic acids is 3. The third-order valence-corrected chi connectivity index (χ3v) is 4.32. The van der Waals surface area contributed by atoms with Gasteiger partial charge in [-0.05, 0) is 43.2 Å². The fourth-order valence-electron chi connectivity index (χ4n) is 3.04. The van der Waals surface area contributed by atoms with E-state index in [1.807, 2.05) is 24.3 Å². The zero-order valence-corrected chi connectivity index (χ0v) is 15.1. The third-order valence-electron chi connectivity index (χ3n) is 4.32. The number of nitrogens with one attached hydrogen (secondary N) is 1. The average molecular weight is 368 g/mol. The first kappa shape index (κ1) is 18.4. The van der Waals surface area contributed by atoms with Gasteiger partial charge in [-0.2, -0.15) is 0 Å². The van der Waals surface area contributed by atoms with Crippen LogP contribution < -0.4 is 10.2 Å². The normalized spacial score (nSPS) is 13.6. The molecule has 0 saturated carbocycles. The van der Waals surface area contributed by atoms with Crippen molar-refractivity contribution in [1.29, 1.82) is 0 Å². The summed E-state index contributed by atoms with van der Waals surface area (Å²) >= 11 is 0. The Bertz CT molecular complexity index is 909. The summed E-state index contributed by atoms with van der Waals surface area (Å²) in [4.78, 5) is 37.9. The Kier molecular flexibility index (Phi) is 5.12. The minimum absolute atomic E-state index is 0.122. The zero-order chi connectivity index (χ0) is 19.6. The van der Waals surface area contributed by atoms with Crippen LogP contribution in [0.25, 0.3) is 0 Å². The van der Waals surface area contributed by atoms with E-state index in [1.165, 1.54) is 32.0 Å². The third kappa shape index (κ3) is 3.92. The van der Waals surface area contributed by atoms with Gasteiger partial charge >= 0.3 is 5.97 Å². The molecule has 2 aromatic rings. The molecule has 0 bridgehead atoms. The van der Waals surface area contributed by atoms with E-state index >= 15 is 0 Å². The highest BCUT2D eigenvalue weighted by Gasteiger charge is 2.30. The van der Waals surface area contributed by atoms with E-state index in [1.54, 1.807) is 4.90 Å². The number of anilines is 2. The van der Waals surface area contributed by atoms with Crippen LogP contribution in [0, 0.1) is 0 Å². The summed E-state index contributed by atoms with van der Waals surface area (Å²) in [6.45, 7) is 3.36. The van der Waals surface area contributed by atoms with Crippen LogP contribution in [0.3, 0.4) is 0 Å². The predicted octanol–water partition coefficient (Wildman–Crippen LogP) is 2.49. The number of rotatable bonds is 4. The van der Waals surface area contributed by atoms with Gasteiger partial charge in [-0.1, -0.05) is 18.2 Å². The molecule has 0 radical (unpaired) electrons. The van der Waals surface area contributed by atoms with Gasteiger partial charge in [-0.25, -0.2) is 4.79 Å². The number of nitrogens with zero attached hydrogens (tertiary/aromatic N) is 1. The lowest BCUT2D eigenvalue weighted by atomic mass is 10.1. The summed E-state index contributed by atoms with van der Waals surface area (Å²) in [7, 11) is 0. The molecule has 0 saturated heterocycles. The number of ether oxygens (including phenoxy) is 1. The van der Waals surface area contributed by atoms with E-state index in [-0.39, 0.29) is 23.1 Å². The Hall–Kier alpha value is -3.35. The van der Waals surface area contributed by atoms with Crippen molar-refractivity contribution in [3.05, 3.63) is 53.6 Å². The number of aromatic hydroxyl groups is 1. The summed E-state index contributed by atoms with van der Waals surface area (Å²) in [5.74, 6) is -1.77. The van der Waals surface area contributed by atoms with Crippen molar-refractivity contribution in [1.82, 2.24) is 0 Å². The molecule has 7 heteroatoms. The number of fused-ring (bicyclic) bond motifs is 1. The molecule has 0 aliphatic carbocycles. The SMILES string of the molecule is CC(=O)Nc1ccc(O)c(C(=O)OC(C)C(=O)N2CCc3ccccc32)c1. The van der Waals surface area contributed by atoms with Crippen molar-refractivity contribution in [2.45, 2.75) is 26.4 Å². The molecule has 2 amide bonds. The fourth-order valence-corrected chi connectivity index (χ4v) is 3.04.